The summed E-state index contributed by atoms with van der Waals surface area (Å²) in [6.07, 6.45) is 1.69. The Morgan fingerprint density at radius 3 is 2.70 bits per heavy atom. The lowest BCUT2D eigenvalue weighted by molar-refractivity contribution is 0.0982. The third-order valence-electron chi connectivity index (χ3n) is 4.55. The molecule has 4 aromatic rings. The van der Waals surface area contributed by atoms with Gasteiger partial charge < -0.3 is 4.74 Å². The zero-order chi connectivity index (χ0) is 21.3. The van der Waals surface area contributed by atoms with E-state index in [1.54, 1.807) is 29.3 Å². The highest BCUT2D eigenvalue weighted by Gasteiger charge is 2.25. The Morgan fingerprint density at radius 2 is 1.97 bits per heavy atom. The zero-order valence-electron chi connectivity index (χ0n) is 16.2. The van der Waals surface area contributed by atoms with Crippen LogP contribution in [0.4, 0.5) is 5.13 Å². The van der Waals surface area contributed by atoms with Crippen LogP contribution in [-0.4, -0.2) is 23.0 Å². The molecule has 8 heteroatoms. The quantitative estimate of drug-likeness (QED) is 0.359. The normalized spacial score (nSPS) is 10.9. The molecule has 0 bridgehead atoms. The van der Waals surface area contributed by atoms with E-state index in [1.807, 2.05) is 37.3 Å². The summed E-state index contributed by atoms with van der Waals surface area (Å²) < 4.78 is 6.30. The molecule has 0 atom stereocenters. The molecule has 0 unspecified atom stereocenters. The molecule has 0 saturated carbocycles. The minimum atomic E-state index is -0.275. The fourth-order valence-corrected chi connectivity index (χ4v) is 4.72. The molecule has 5 nitrogen and oxygen atoms in total. The lowest BCUT2D eigenvalue weighted by atomic mass is 10.1. The lowest BCUT2D eigenvalue weighted by Gasteiger charge is -2.21. The minimum absolute atomic E-state index is 0.252. The number of thiazole rings is 1. The predicted octanol–water partition coefficient (Wildman–Crippen LogP) is 6.16. The second kappa shape index (κ2) is 8.60. The van der Waals surface area contributed by atoms with Crippen molar-refractivity contribution in [2.24, 2.45) is 0 Å². The van der Waals surface area contributed by atoms with E-state index < -0.39 is 0 Å². The van der Waals surface area contributed by atoms with Gasteiger partial charge in [-0.05, 0) is 55.0 Å². The summed E-state index contributed by atoms with van der Waals surface area (Å²) in [6.45, 7) is 2.20. The molecule has 152 valence electrons. The summed E-state index contributed by atoms with van der Waals surface area (Å²) in [5.74, 6) is 0.165. The van der Waals surface area contributed by atoms with E-state index >= 15 is 0 Å². The number of amides is 1. The number of aromatic nitrogens is 2. The highest BCUT2D eigenvalue weighted by Crippen LogP contribution is 2.35. The third kappa shape index (κ3) is 4.12. The van der Waals surface area contributed by atoms with Gasteiger partial charge >= 0.3 is 0 Å². The Hall–Kier alpha value is -2.67. The van der Waals surface area contributed by atoms with Crippen molar-refractivity contribution < 1.29 is 9.53 Å². The number of fused-ring (bicyclic) bond motifs is 1. The predicted molar refractivity (Wildman–Crippen MR) is 122 cm³/mol. The van der Waals surface area contributed by atoms with E-state index in [0.717, 1.165) is 21.5 Å². The third-order valence-corrected chi connectivity index (χ3v) is 6.03. The largest absolute Gasteiger partial charge is 0.496 e. The van der Waals surface area contributed by atoms with Crippen LogP contribution in [0, 0.1) is 6.92 Å². The van der Waals surface area contributed by atoms with Crippen LogP contribution < -0.4 is 9.64 Å². The van der Waals surface area contributed by atoms with Crippen LogP contribution in [0.25, 0.3) is 10.2 Å². The Labute approximate surface area is 187 Å². The van der Waals surface area contributed by atoms with Gasteiger partial charge in [-0.3, -0.25) is 14.7 Å². The number of benzene rings is 2. The number of pyridine rings is 1. The van der Waals surface area contributed by atoms with Crippen molar-refractivity contribution in [1.29, 1.82) is 0 Å². The van der Waals surface area contributed by atoms with E-state index in [9.17, 15) is 4.79 Å². The maximum Gasteiger partial charge on any atom is 0.264 e. The second-order valence-electron chi connectivity index (χ2n) is 6.62. The molecule has 2 aromatic carbocycles. The molecule has 0 radical (unpaired) electrons. The Balaban J connectivity index is 1.84. The molecule has 0 aliphatic rings. The topological polar surface area (TPSA) is 55.3 Å². The molecule has 0 spiro atoms. The number of anilines is 1. The van der Waals surface area contributed by atoms with E-state index in [-0.39, 0.29) is 12.5 Å². The molecule has 0 aliphatic carbocycles. The molecule has 0 aliphatic heterocycles. The van der Waals surface area contributed by atoms with Crippen molar-refractivity contribution >= 4 is 55.8 Å². The first-order valence-electron chi connectivity index (χ1n) is 9.08. The molecule has 2 heterocycles. The summed E-state index contributed by atoms with van der Waals surface area (Å²) in [6, 6.07) is 14.3. The van der Waals surface area contributed by atoms with Gasteiger partial charge in [-0.15, -0.1) is 0 Å². The molecule has 0 N–H and O–H groups in total. The molecule has 30 heavy (non-hydrogen) atoms. The summed E-state index contributed by atoms with van der Waals surface area (Å²) >= 11 is 13.8. The van der Waals surface area contributed by atoms with E-state index in [4.69, 9.17) is 32.9 Å². The second-order valence-corrected chi connectivity index (χ2v) is 8.50. The van der Waals surface area contributed by atoms with Crippen LogP contribution in [0.2, 0.25) is 10.0 Å². The summed E-state index contributed by atoms with van der Waals surface area (Å²) in [4.78, 5) is 24.3. The van der Waals surface area contributed by atoms with E-state index in [0.29, 0.717) is 26.5 Å². The van der Waals surface area contributed by atoms with Gasteiger partial charge in [0.1, 0.15) is 5.75 Å². The van der Waals surface area contributed by atoms with Gasteiger partial charge in [0.05, 0.1) is 35.1 Å². The lowest BCUT2D eigenvalue weighted by Crippen LogP contribution is -2.31. The van der Waals surface area contributed by atoms with Crippen molar-refractivity contribution in [3.8, 4) is 5.75 Å². The van der Waals surface area contributed by atoms with Gasteiger partial charge in [-0.2, -0.15) is 0 Å². The summed E-state index contributed by atoms with van der Waals surface area (Å²) in [7, 11) is 1.52. The number of hydrogen-bond acceptors (Lipinski definition) is 5. The monoisotopic (exact) mass is 457 g/mol. The number of halogens is 2. The molecular formula is C22H17Cl2N3O2S. The Morgan fingerprint density at radius 1 is 1.13 bits per heavy atom. The Kier molecular flexibility index (Phi) is 5.90. The number of nitrogens with zero attached hydrogens (tertiary/aromatic N) is 3. The van der Waals surface area contributed by atoms with Gasteiger partial charge in [-0.1, -0.05) is 40.6 Å². The maximum atomic E-state index is 13.6. The van der Waals surface area contributed by atoms with Crippen LogP contribution in [-0.2, 0) is 6.54 Å². The molecule has 4 rings (SSSR count). The van der Waals surface area contributed by atoms with Crippen LogP contribution in [0.15, 0.2) is 54.7 Å². The summed E-state index contributed by atoms with van der Waals surface area (Å²) in [5.41, 5.74) is 2.86. The van der Waals surface area contributed by atoms with Gasteiger partial charge in [0, 0.05) is 16.2 Å². The van der Waals surface area contributed by atoms with Gasteiger partial charge in [0.2, 0.25) is 0 Å². The number of aryl methyl sites for hydroxylation is 1. The van der Waals surface area contributed by atoms with Gasteiger partial charge in [0.25, 0.3) is 5.91 Å². The van der Waals surface area contributed by atoms with Crippen LogP contribution >= 0.6 is 34.5 Å². The number of methoxy groups -OCH3 is 1. The average Bonchev–Trinajstić information content (AvgIpc) is 3.16. The number of ether oxygens (including phenoxy) is 1. The number of carbonyl (C=O) groups excluding carboxylic acids is 1. The SMILES string of the molecule is COc1ccc(Cl)cc1C(=O)N(Cc1ccccn1)c1nc2c(C)cc(Cl)cc2s1. The highest BCUT2D eigenvalue weighted by molar-refractivity contribution is 7.22. The van der Waals surface area contributed by atoms with Gasteiger partial charge in [-0.25, -0.2) is 4.98 Å². The number of carbonyl (C=O) groups is 1. The van der Waals surface area contributed by atoms with Crippen LogP contribution in [0.5, 0.6) is 5.75 Å². The fraction of sp³-hybridized carbons (Fsp3) is 0.136. The summed E-state index contributed by atoms with van der Waals surface area (Å²) in [5, 5.41) is 1.63. The van der Waals surface area contributed by atoms with Crippen LogP contribution in [0.1, 0.15) is 21.6 Å². The van der Waals surface area contributed by atoms with Crippen molar-refractivity contribution in [1.82, 2.24) is 9.97 Å². The number of hydrogen-bond donors (Lipinski definition) is 0. The maximum absolute atomic E-state index is 13.6. The van der Waals surface area contributed by atoms with Crippen LogP contribution in [0.3, 0.4) is 0 Å². The highest BCUT2D eigenvalue weighted by atomic mass is 35.5. The number of rotatable bonds is 5. The first-order chi connectivity index (χ1) is 14.5. The minimum Gasteiger partial charge on any atom is -0.496 e. The van der Waals surface area contributed by atoms with Crippen molar-refractivity contribution in [3.05, 3.63) is 81.6 Å². The molecule has 1 amide bonds. The van der Waals surface area contributed by atoms with Crippen molar-refractivity contribution in [3.63, 3.8) is 0 Å². The van der Waals surface area contributed by atoms with Crippen molar-refractivity contribution in [2.75, 3.05) is 12.0 Å². The standard InChI is InChI=1S/C22H17Cl2N3O2S/c1-13-9-15(24)11-19-20(13)26-22(30-19)27(12-16-5-3-4-8-25-16)21(28)17-10-14(23)6-7-18(17)29-2/h3-11H,12H2,1-2H3. The molecular weight excluding hydrogens is 441 g/mol. The zero-order valence-corrected chi connectivity index (χ0v) is 18.6. The average molecular weight is 458 g/mol. The first-order valence-corrected chi connectivity index (χ1v) is 10.7. The van der Waals surface area contributed by atoms with Gasteiger partial charge in [0.15, 0.2) is 5.13 Å². The molecule has 2 aromatic heterocycles. The Bertz CT molecular complexity index is 1230. The van der Waals surface area contributed by atoms with Crippen molar-refractivity contribution in [2.45, 2.75) is 13.5 Å². The fourth-order valence-electron chi connectivity index (χ4n) is 3.13. The first kappa shape index (κ1) is 20.6. The molecule has 0 fully saturated rings. The van der Waals surface area contributed by atoms with E-state index in [1.165, 1.54) is 18.4 Å². The smallest absolute Gasteiger partial charge is 0.264 e. The molecule has 0 saturated heterocycles. The van der Waals surface area contributed by atoms with E-state index in [2.05, 4.69) is 4.98 Å².